The van der Waals surface area contributed by atoms with Crippen LogP contribution in [0.2, 0.25) is 5.02 Å². The molecule has 0 spiro atoms. The summed E-state index contributed by atoms with van der Waals surface area (Å²) in [5.41, 5.74) is 1.50. The lowest BCUT2D eigenvalue weighted by atomic mass is 9.94. The molecule has 0 aliphatic rings. The van der Waals surface area contributed by atoms with Crippen LogP contribution in [0.25, 0.3) is 0 Å². The summed E-state index contributed by atoms with van der Waals surface area (Å²) in [7, 11) is 0. The van der Waals surface area contributed by atoms with Gasteiger partial charge in [-0.3, -0.25) is 0 Å². The van der Waals surface area contributed by atoms with Crippen LogP contribution in [0.5, 0.6) is 0 Å². The molecule has 1 aromatic carbocycles. The molecule has 0 aliphatic heterocycles. The topological polar surface area (TPSA) is 24.1 Å². The average Bonchev–Trinajstić information content (AvgIpc) is 2.40. The van der Waals surface area contributed by atoms with E-state index in [1.807, 2.05) is 39.0 Å². The number of hydrogen-bond donors (Lipinski definition) is 2. The number of nitrogens with one attached hydrogen (secondary N) is 2. The van der Waals surface area contributed by atoms with Gasteiger partial charge >= 0.3 is 0 Å². The van der Waals surface area contributed by atoms with E-state index in [4.69, 9.17) is 30.2 Å². The summed E-state index contributed by atoms with van der Waals surface area (Å²) in [6.07, 6.45) is 7.23. The van der Waals surface area contributed by atoms with Crippen LogP contribution in [0.4, 0.5) is 5.69 Å². The summed E-state index contributed by atoms with van der Waals surface area (Å²) in [6, 6.07) is 5.73. The fraction of sp³-hybridized carbons (Fsp3) is 0.400. The number of terminal acetylenes is 1. The molecule has 1 aromatic rings. The Morgan fingerprint density at radius 1 is 1.42 bits per heavy atom. The van der Waals surface area contributed by atoms with E-state index in [1.165, 1.54) is 0 Å². The van der Waals surface area contributed by atoms with Crippen LogP contribution in [-0.4, -0.2) is 10.7 Å². The minimum Gasteiger partial charge on any atom is -0.346 e. The molecule has 2 N–H and O–H groups in total. The Balaban J connectivity index is 2.75. The second kappa shape index (κ2) is 6.79. The highest BCUT2D eigenvalue weighted by molar-refractivity contribution is 7.80. The van der Waals surface area contributed by atoms with Gasteiger partial charge in [-0.2, -0.15) is 0 Å². The number of thiocarbonyl (C=S) groups is 1. The molecular formula is C15H19ClN2S. The van der Waals surface area contributed by atoms with Crippen molar-refractivity contribution in [3.8, 4) is 12.3 Å². The molecule has 0 bridgehead atoms. The van der Waals surface area contributed by atoms with Gasteiger partial charge in [-0.05, 0) is 49.7 Å². The molecule has 0 radical (unpaired) electrons. The van der Waals surface area contributed by atoms with Crippen molar-refractivity contribution in [3.63, 3.8) is 0 Å². The third kappa shape index (κ3) is 4.12. The zero-order valence-corrected chi connectivity index (χ0v) is 13.1. The summed E-state index contributed by atoms with van der Waals surface area (Å²) in [5, 5.41) is 7.54. The first-order valence-electron chi connectivity index (χ1n) is 6.29. The molecule has 0 unspecified atom stereocenters. The Morgan fingerprint density at radius 3 is 2.53 bits per heavy atom. The maximum absolute atomic E-state index is 6.08. The lowest BCUT2D eigenvalue weighted by Gasteiger charge is -2.28. The molecular weight excluding hydrogens is 276 g/mol. The largest absolute Gasteiger partial charge is 0.346 e. The molecule has 0 aliphatic carbocycles. The third-order valence-corrected chi connectivity index (χ3v) is 3.88. The highest BCUT2D eigenvalue weighted by atomic mass is 35.5. The fourth-order valence-electron chi connectivity index (χ4n) is 1.72. The van der Waals surface area contributed by atoms with Crippen molar-refractivity contribution in [1.82, 2.24) is 5.32 Å². The molecule has 0 saturated carbocycles. The van der Waals surface area contributed by atoms with Crippen molar-refractivity contribution in [2.24, 2.45) is 0 Å². The van der Waals surface area contributed by atoms with Crippen LogP contribution in [0.3, 0.4) is 0 Å². The Bertz CT molecular complexity index is 501. The van der Waals surface area contributed by atoms with Gasteiger partial charge in [0, 0.05) is 10.7 Å². The van der Waals surface area contributed by atoms with Gasteiger partial charge in [0.1, 0.15) is 0 Å². The molecule has 102 valence electrons. The second-order valence-corrected chi connectivity index (χ2v) is 5.29. The molecule has 0 heterocycles. The van der Waals surface area contributed by atoms with Crippen LogP contribution in [0.15, 0.2) is 18.2 Å². The normalized spacial score (nSPS) is 10.7. The molecule has 0 amide bonds. The van der Waals surface area contributed by atoms with Gasteiger partial charge in [0.05, 0.1) is 5.54 Å². The molecule has 1 rings (SSSR count). The van der Waals surface area contributed by atoms with Gasteiger partial charge in [-0.25, -0.2) is 0 Å². The lowest BCUT2D eigenvalue weighted by molar-refractivity contribution is 0.461. The predicted molar refractivity (Wildman–Crippen MR) is 87.7 cm³/mol. The van der Waals surface area contributed by atoms with Crippen LogP contribution in [0, 0.1) is 19.3 Å². The van der Waals surface area contributed by atoms with E-state index in [0.717, 1.165) is 24.1 Å². The number of halogens is 1. The van der Waals surface area contributed by atoms with Crippen LogP contribution >= 0.6 is 23.8 Å². The molecule has 19 heavy (non-hydrogen) atoms. The number of hydrogen-bond acceptors (Lipinski definition) is 1. The predicted octanol–water partition coefficient (Wildman–Crippen LogP) is 4.13. The smallest absolute Gasteiger partial charge is 0.171 e. The molecule has 0 saturated heterocycles. The first-order chi connectivity index (χ1) is 8.96. The maximum atomic E-state index is 6.08. The number of anilines is 1. The first-order valence-corrected chi connectivity index (χ1v) is 7.08. The number of rotatable bonds is 4. The van der Waals surface area contributed by atoms with Crippen LogP contribution in [0.1, 0.15) is 32.3 Å². The Hall–Kier alpha value is -1.24. The van der Waals surface area contributed by atoms with E-state index in [-0.39, 0.29) is 0 Å². The summed E-state index contributed by atoms with van der Waals surface area (Å²) in [4.78, 5) is 0. The average molecular weight is 295 g/mol. The van der Waals surface area contributed by atoms with Gasteiger partial charge < -0.3 is 10.6 Å². The maximum Gasteiger partial charge on any atom is 0.171 e. The molecule has 0 aromatic heterocycles. The Morgan fingerprint density at radius 2 is 2.05 bits per heavy atom. The first kappa shape index (κ1) is 15.8. The van der Waals surface area contributed by atoms with Gasteiger partial charge in [-0.1, -0.05) is 37.4 Å². The van der Waals surface area contributed by atoms with Crippen molar-refractivity contribution in [3.05, 3.63) is 28.8 Å². The van der Waals surface area contributed by atoms with Gasteiger partial charge in [0.15, 0.2) is 5.11 Å². The minimum atomic E-state index is -0.390. The molecule has 4 heteroatoms. The van der Waals surface area contributed by atoms with E-state index in [0.29, 0.717) is 10.1 Å². The van der Waals surface area contributed by atoms with E-state index >= 15 is 0 Å². The zero-order valence-electron chi connectivity index (χ0n) is 11.5. The van der Waals surface area contributed by atoms with Crippen molar-refractivity contribution in [2.75, 3.05) is 5.32 Å². The summed E-state index contributed by atoms with van der Waals surface area (Å²) in [5.74, 6) is 2.79. The fourth-order valence-corrected chi connectivity index (χ4v) is 2.21. The molecule has 0 fully saturated rings. The van der Waals surface area contributed by atoms with Gasteiger partial charge in [0.2, 0.25) is 0 Å². The summed E-state index contributed by atoms with van der Waals surface area (Å²) in [6.45, 7) is 6.05. The standard InChI is InChI=1S/C15H19ClN2S/c1-5-15(6-2,7-3)18-14(19)17-12-9-8-11(4)13(16)10-12/h1,8-10H,6-7H2,2-4H3,(H2,17,18,19). The van der Waals surface area contributed by atoms with Crippen molar-refractivity contribution in [1.29, 1.82) is 0 Å². The van der Waals surface area contributed by atoms with Gasteiger partial charge in [0.25, 0.3) is 0 Å². The Kier molecular flexibility index (Phi) is 5.65. The second-order valence-electron chi connectivity index (χ2n) is 4.48. The molecule has 2 nitrogen and oxygen atoms in total. The zero-order chi connectivity index (χ0) is 14.5. The highest BCUT2D eigenvalue weighted by Gasteiger charge is 2.23. The quantitative estimate of drug-likeness (QED) is 0.645. The van der Waals surface area contributed by atoms with E-state index in [2.05, 4.69) is 16.6 Å². The van der Waals surface area contributed by atoms with Gasteiger partial charge in [-0.15, -0.1) is 6.42 Å². The summed E-state index contributed by atoms with van der Waals surface area (Å²) >= 11 is 11.4. The number of aryl methyl sites for hydroxylation is 1. The van der Waals surface area contributed by atoms with Crippen molar-refractivity contribution >= 4 is 34.6 Å². The van der Waals surface area contributed by atoms with Crippen molar-refractivity contribution < 1.29 is 0 Å². The third-order valence-electron chi connectivity index (χ3n) is 3.27. The van der Waals surface area contributed by atoms with Crippen molar-refractivity contribution in [2.45, 2.75) is 39.2 Å². The van der Waals surface area contributed by atoms with E-state index in [1.54, 1.807) is 0 Å². The molecule has 0 atom stereocenters. The lowest BCUT2D eigenvalue weighted by Crippen LogP contribution is -2.48. The van der Waals surface area contributed by atoms with Crippen LogP contribution in [-0.2, 0) is 0 Å². The number of benzene rings is 1. The Labute approximate surface area is 125 Å². The SMILES string of the molecule is C#CC(CC)(CC)NC(=S)Nc1ccc(C)c(Cl)c1. The highest BCUT2D eigenvalue weighted by Crippen LogP contribution is 2.20. The summed E-state index contributed by atoms with van der Waals surface area (Å²) < 4.78 is 0. The monoisotopic (exact) mass is 294 g/mol. The van der Waals surface area contributed by atoms with Crippen LogP contribution < -0.4 is 10.6 Å². The van der Waals surface area contributed by atoms with E-state index < -0.39 is 5.54 Å². The minimum absolute atomic E-state index is 0.390. The van der Waals surface area contributed by atoms with E-state index in [9.17, 15) is 0 Å².